The van der Waals surface area contributed by atoms with Crippen LogP contribution in [0, 0.1) is 18.8 Å². The lowest BCUT2D eigenvalue weighted by atomic mass is 9.84. The molecule has 0 unspecified atom stereocenters. The summed E-state index contributed by atoms with van der Waals surface area (Å²) in [5.74, 6) is 0.936. The van der Waals surface area contributed by atoms with Gasteiger partial charge in [-0.25, -0.2) is 13.1 Å². The first-order valence-electron chi connectivity index (χ1n) is 8.12. The van der Waals surface area contributed by atoms with E-state index in [0.29, 0.717) is 18.4 Å². The van der Waals surface area contributed by atoms with Gasteiger partial charge < -0.3 is 4.74 Å². The standard InChI is InChI=1S/C16H25N3O3S/c1-12-4-3-5-14(18-12)9-19-7-6-13-11-22-16(15(13)10-19)8-17-23(2,20)21/h3-5,13,15-17H,6-11H2,1-2H3/t13-,15+,16+/m0/s1. The maximum atomic E-state index is 11.3. The average molecular weight is 339 g/mol. The Balaban J connectivity index is 1.60. The molecule has 2 fully saturated rings. The molecule has 3 heterocycles. The molecule has 23 heavy (non-hydrogen) atoms. The number of fused-ring (bicyclic) bond motifs is 1. The van der Waals surface area contributed by atoms with Crippen LogP contribution in [-0.4, -0.2) is 56.9 Å². The SMILES string of the molecule is Cc1cccc(CN2CC[C@H]3CO[C@H](CNS(C)(=O)=O)[C@@H]3C2)n1. The number of aromatic nitrogens is 1. The number of aryl methyl sites for hydroxylation is 1. The van der Waals surface area contributed by atoms with Gasteiger partial charge in [-0.1, -0.05) is 6.07 Å². The summed E-state index contributed by atoms with van der Waals surface area (Å²) in [5, 5.41) is 0. The number of pyridine rings is 1. The molecule has 1 aromatic heterocycles. The number of likely N-dealkylation sites (tertiary alicyclic amines) is 1. The van der Waals surface area contributed by atoms with E-state index in [0.717, 1.165) is 44.0 Å². The van der Waals surface area contributed by atoms with Gasteiger partial charge in [0.05, 0.1) is 24.7 Å². The number of nitrogens with one attached hydrogen (secondary N) is 1. The van der Waals surface area contributed by atoms with Gasteiger partial charge in [-0.15, -0.1) is 0 Å². The largest absolute Gasteiger partial charge is 0.376 e. The molecular formula is C16H25N3O3S. The van der Waals surface area contributed by atoms with Crippen LogP contribution in [0.2, 0.25) is 0 Å². The Morgan fingerprint density at radius 3 is 3.00 bits per heavy atom. The first kappa shape index (κ1) is 16.8. The van der Waals surface area contributed by atoms with E-state index in [4.69, 9.17) is 4.74 Å². The Hall–Kier alpha value is -1.02. The van der Waals surface area contributed by atoms with Crippen LogP contribution >= 0.6 is 0 Å². The van der Waals surface area contributed by atoms with Crippen molar-refractivity contribution in [3.05, 3.63) is 29.6 Å². The van der Waals surface area contributed by atoms with Crippen molar-refractivity contribution >= 4 is 10.0 Å². The quantitative estimate of drug-likeness (QED) is 0.858. The maximum Gasteiger partial charge on any atom is 0.208 e. The Kier molecular flexibility index (Phi) is 5.01. The van der Waals surface area contributed by atoms with E-state index in [1.807, 2.05) is 19.1 Å². The van der Waals surface area contributed by atoms with Gasteiger partial charge in [0.15, 0.2) is 0 Å². The molecule has 2 saturated heterocycles. The number of rotatable bonds is 5. The van der Waals surface area contributed by atoms with Crippen molar-refractivity contribution in [1.29, 1.82) is 0 Å². The molecule has 1 N–H and O–H groups in total. The van der Waals surface area contributed by atoms with Crippen molar-refractivity contribution in [3.8, 4) is 0 Å². The average Bonchev–Trinajstić information content (AvgIpc) is 2.87. The Bertz CT molecular complexity index is 650. The van der Waals surface area contributed by atoms with Gasteiger partial charge in [-0.3, -0.25) is 9.88 Å². The Labute approximate surface area is 138 Å². The fraction of sp³-hybridized carbons (Fsp3) is 0.688. The zero-order valence-electron chi connectivity index (χ0n) is 13.7. The normalized spacial score (nSPS) is 28.7. The van der Waals surface area contributed by atoms with Crippen molar-refractivity contribution in [2.75, 3.05) is 32.5 Å². The Morgan fingerprint density at radius 2 is 2.26 bits per heavy atom. The summed E-state index contributed by atoms with van der Waals surface area (Å²) in [6.07, 6.45) is 2.27. The summed E-state index contributed by atoms with van der Waals surface area (Å²) in [5.41, 5.74) is 2.13. The maximum absolute atomic E-state index is 11.3. The van der Waals surface area contributed by atoms with Crippen molar-refractivity contribution in [2.45, 2.75) is 26.0 Å². The molecule has 0 aliphatic carbocycles. The van der Waals surface area contributed by atoms with E-state index in [1.165, 1.54) is 6.26 Å². The zero-order valence-corrected chi connectivity index (χ0v) is 14.6. The highest BCUT2D eigenvalue weighted by molar-refractivity contribution is 7.88. The summed E-state index contributed by atoms with van der Waals surface area (Å²) in [6.45, 7) is 5.96. The summed E-state index contributed by atoms with van der Waals surface area (Å²) in [6, 6.07) is 6.11. The van der Waals surface area contributed by atoms with E-state index in [-0.39, 0.29) is 6.10 Å². The second kappa shape index (κ2) is 6.84. The lowest BCUT2D eigenvalue weighted by Crippen LogP contribution is -2.45. The molecule has 0 amide bonds. The highest BCUT2D eigenvalue weighted by Crippen LogP contribution is 2.34. The number of ether oxygens (including phenoxy) is 1. The smallest absolute Gasteiger partial charge is 0.208 e. The minimum absolute atomic E-state index is 0.0250. The number of hydrogen-bond acceptors (Lipinski definition) is 5. The van der Waals surface area contributed by atoms with Crippen LogP contribution in [0.15, 0.2) is 18.2 Å². The van der Waals surface area contributed by atoms with Gasteiger partial charge in [0, 0.05) is 31.2 Å². The number of piperidine rings is 1. The van der Waals surface area contributed by atoms with Crippen molar-refractivity contribution < 1.29 is 13.2 Å². The number of nitrogens with zero attached hydrogens (tertiary/aromatic N) is 2. The number of hydrogen-bond donors (Lipinski definition) is 1. The summed E-state index contributed by atoms with van der Waals surface area (Å²) < 4.78 is 31.0. The second-order valence-electron chi connectivity index (χ2n) is 6.71. The lowest BCUT2D eigenvalue weighted by molar-refractivity contribution is 0.0773. The van der Waals surface area contributed by atoms with Crippen LogP contribution in [-0.2, 0) is 21.3 Å². The molecule has 7 heteroatoms. The molecule has 3 rings (SSSR count). The predicted molar refractivity (Wildman–Crippen MR) is 88.4 cm³/mol. The molecule has 0 spiro atoms. The Morgan fingerprint density at radius 1 is 1.43 bits per heavy atom. The van der Waals surface area contributed by atoms with E-state index >= 15 is 0 Å². The molecule has 0 saturated carbocycles. The molecule has 2 aliphatic rings. The third kappa shape index (κ3) is 4.50. The van der Waals surface area contributed by atoms with E-state index in [2.05, 4.69) is 20.7 Å². The van der Waals surface area contributed by atoms with Gasteiger partial charge in [-0.05, 0) is 37.9 Å². The van der Waals surface area contributed by atoms with E-state index < -0.39 is 10.0 Å². The predicted octanol–water partition coefficient (Wildman–Crippen LogP) is 0.776. The highest BCUT2D eigenvalue weighted by atomic mass is 32.2. The van der Waals surface area contributed by atoms with Crippen molar-refractivity contribution in [3.63, 3.8) is 0 Å². The van der Waals surface area contributed by atoms with Gasteiger partial charge in [0.2, 0.25) is 10.0 Å². The van der Waals surface area contributed by atoms with Gasteiger partial charge in [0.1, 0.15) is 0 Å². The molecule has 128 valence electrons. The summed E-state index contributed by atoms with van der Waals surface area (Å²) >= 11 is 0. The highest BCUT2D eigenvalue weighted by Gasteiger charge is 2.40. The monoisotopic (exact) mass is 339 g/mol. The third-order valence-corrected chi connectivity index (χ3v) is 5.46. The van der Waals surface area contributed by atoms with Crippen LogP contribution in [0.25, 0.3) is 0 Å². The van der Waals surface area contributed by atoms with E-state index in [1.54, 1.807) is 0 Å². The lowest BCUT2D eigenvalue weighted by Gasteiger charge is -2.35. The van der Waals surface area contributed by atoms with Crippen LogP contribution in [0.3, 0.4) is 0 Å². The van der Waals surface area contributed by atoms with Gasteiger partial charge in [0.25, 0.3) is 0 Å². The van der Waals surface area contributed by atoms with Crippen molar-refractivity contribution in [1.82, 2.24) is 14.6 Å². The van der Waals surface area contributed by atoms with Crippen LogP contribution in [0.5, 0.6) is 0 Å². The van der Waals surface area contributed by atoms with Crippen LogP contribution in [0.1, 0.15) is 17.8 Å². The van der Waals surface area contributed by atoms with Gasteiger partial charge >= 0.3 is 0 Å². The zero-order chi connectivity index (χ0) is 16.4. The van der Waals surface area contributed by atoms with Crippen LogP contribution < -0.4 is 4.72 Å². The molecule has 0 aromatic carbocycles. The molecule has 3 atom stereocenters. The fourth-order valence-corrected chi connectivity index (χ4v) is 4.07. The second-order valence-corrected chi connectivity index (χ2v) is 8.54. The fourth-order valence-electron chi connectivity index (χ4n) is 3.60. The molecule has 1 aromatic rings. The molecular weight excluding hydrogens is 314 g/mol. The third-order valence-electron chi connectivity index (χ3n) is 4.77. The number of sulfonamides is 1. The molecule has 0 radical (unpaired) electrons. The minimum atomic E-state index is -3.17. The minimum Gasteiger partial charge on any atom is -0.376 e. The topological polar surface area (TPSA) is 71.5 Å². The molecule has 0 bridgehead atoms. The first-order chi connectivity index (χ1) is 10.9. The summed E-state index contributed by atoms with van der Waals surface area (Å²) in [7, 11) is -3.17. The van der Waals surface area contributed by atoms with E-state index in [9.17, 15) is 8.42 Å². The summed E-state index contributed by atoms with van der Waals surface area (Å²) in [4.78, 5) is 6.98. The van der Waals surface area contributed by atoms with Gasteiger partial charge in [-0.2, -0.15) is 0 Å². The van der Waals surface area contributed by atoms with Crippen LogP contribution in [0.4, 0.5) is 0 Å². The van der Waals surface area contributed by atoms with Crippen molar-refractivity contribution in [2.24, 2.45) is 11.8 Å². The first-order valence-corrected chi connectivity index (χ1v) is 10.0. The molecule has 2 aliphatic heterocycles. The molecule has 6 nitrogen and oxygen atoms in total.